The van der Waals surface area contributed by atoms with E-state index >= 15 is 0 Å². The van der Waals surface area contributed by atoms with Gasteiger partial charge in [0, 0.05) is 24.4 Å². The Balaban J connectivity index is 1.80. The van der Waals surface area contributed by atoms with Gasteiger partial charge in [-0.25, -0.2) is 4.98 Å². The minimum absolute atomic E-state index is 0.166. The van der Waals surface area contributed by atoms with Gasteiger partial charge in [0.25, 0.3) is 0 Å². The van der Waals surface area contributed by atoms with E-state index < -0.39 is 5.92 Å². The van der Waals surface area contributed by atoms with Gasteiger partial charge in [-0.3, -0.25) is 4.79 Å². The lowest BCUT2D eigenvalue weighted by atomic mass is 10.00. The number of thiazole rings is 1. The van der Waals surface area contributed by atoms with Gasteiger partial charge >= 0.3 is 0 Å². The van der Waals surface area contributed by atoms with Gasteiger partial charge in [-0.05, 0) is 6.42 Å². The van der Waals surface area contributed by atoms with Crippen LogP contribution in [0.4, 0.5) is 0 Å². The van der Waals surface area contributed by atoms with Crippen molar-refractivity contribution >= 4 is 17.1 Å². The molecule has 0 saturated heterocycles. The van der Waals surface area contributed by atoms with Gasteiger partial charge in [0.2, 0.25) is 0 Å². The fourth-order valence-corrected chi connectivity index (χ4v) is 3.05. The number of aryl methyl sites for hydroxylation is 1. The summed E-state index contributed by atoms with van der Waals surface area (Å²) < 4.78 is 1.71. The largest absolute Gasteiger partial charge is 0.313 e. The lowest BCUT2D eigenvalue weighted by molar-refractivity contribution is -0.119. The van der Waals surface area contributed by atoms with Gasteiger partial charge < -0.3 is 4.57 Å². The number of Topliss-reactive ketones (excluding diaryl/α,β-unsaturated/α-hetero) is 1. The molecule has 6 nitrogen and oxygen atoms in total. The number of nitrogens with zero attached hydrogens (tertiary/aromatic N) is 5. The van der Waals surface area contributed by atoms with Crippen molar-refractivity contribution in [2.24, 2.45) is 7.05 Å². The molecule has 0 N–H and O–H groups in total. The van der Waals surface area contributed by atoms with E-state index in [2.05, 4.69) is 21.3 Å². The summed E-state index contributed by atoms with van der Waals surface area (Å²) in [6.45, 7) is 0. The summed E-state index contributed by atoms with van der Waals surface area (Å²) >= 11 is 1.49. The highest BCUT2D eigenvalue weighted by atomic mass is 32.1. The highest BCUT2D eigenvalue weighted by molar-refractivity contribution is 7.07. The van der Waals surface area contributed by atoms with Crippen LogP contribution in [0.15, 0.2) is 41.2 Å². The molecule has 0 amide bonds. The molecule has 2 aromatic heterocycles. The monoisotopic (exact) mass is 337 g/mol. The minimum atomic E-state index is -0.918. The minimum Gasteiger partial charge on any atom is -0.313 e. The normalized spacial score (nSPS) is 11.8. The number of rotatable bonds is 6. The van der Waals surface area contributed by atoms with Gasteiger partial charge in [0.15, 0.2) is 23.3 Å². The molecular weight excluding hydrogens is 322 g/mol. The van der Waals surface area contributed by atoms with Crippen LogP contribution in [0.2, 0.25) is 0 Å². The Hall–Kier alpha value is -2.85. The Kier molecular flexibility index (Phi) is 4.77. The van der Waals surface area contributed by atoms with Crippen LogP contribution in [0.3, 0.4) is 0 Å². The van der Waals surface area contributed by atoms with Crippen LogP contribution < -0.4 is 0 Å². The van der Waals surface area contributed by atoms with E-state index in [1.807, 2.05) is 35.7 Å². The van der Waals surface area contributed by atoms with Crippen molar-refractivity contribution in [1.82, 2.24) is 19.7 Å². The van der Waals surface area contributed by atoms with E-state index in [4.69, 9.17) is 0 Å². The maximum absolute atomic E-state index is 12.4. The number of nitriles is 1. The van der Waals surface area contributed by atoms with E-state index in [1.165, 1.54) is 11.3 Å². The Morgan fingerprint density at radius 2 is 2.12 bits per heavy atom. The maximum Gasteiger partial charge on any atom is 0.164 e. The number of carbonyl (C=O) groups excluding carboxylic acids is 1. The smallest absolute Gasteiger partial charge is 0.164 e. The first-order valence-electron chi connectivity index (χ1n) is 7.45. The van der Waals surface area contributed by atoms with Crippen LogP contribution in [0.5, 0.6) is 0 Å². The number of carbonyl (C=O) groups is 1. The Bertz CT molecular complexity index is 864. The standard InChI is InChI=1S/C17H15N5OS/c1-22-16(12-5-3-2-4-6-12)20-21-17(22)14(9-18)15(23)8-7-13-10-24-11-19-13/h2-6,10-11,14H,7-8H2,1H3/t14-/m1/s1. The maximum atomic E-state index is 12.4. The van der Waals surface area contributed by atoms with Crippen LogP contribution in [-0.4, -0.2) is 25.5 Å². The molecular formula is C17H15N5OS. The molecule has 0 saturated carbocycles. The van der Waals surface area contributed by atoms with Crippen molar-refractivity contribution in [2.45, 2.75) is 18.8 Å². The second-order valence-electron chi connectivity index (χ2n) is 5.32. The molecule has 0 radical (unpaired) electrons. The molecule has 0 unspecified atom stereocenters. The molecule has 24 heavy (non-hydrogen) atoms. The third kappa shape index (κ3) is 3.24. The van der Waals surface area contributed by atoms with Crippen molar-refractivity contribution in [2.75, 3.05) is 0 Å². The number of hydrogen-bond donors (Lipinski definition) is 0. The molecule has 1 atom stereocenters. The fraction of sp³-hybridized carbons (Fsp3) is 0.235. The predicted octanol–water partition coefficient (Wildman–Crippen LogP) is 2.75. The predicted molar refractivity (Wildman–Crippen MR) is 90.2 cm³/mol. The molecule has 0 spiro atoms. The fourth-order valence-electron chi connectivity index (χ4n) is 2.46. The number of ketones is 1. The second-order valence-corrected chi connectivity index (χ2v) is 6.03. The van der Waals surface area contributed by atoms with Crippen molar-refractivity contribution in [3.05, 3.63) is 52.7 Å². The summed E-state index contributed by atoms with van der Waals surface area (Å²) in [5.41, 5.74) is 3.49. The van der Waals surface area contributed by atoms with Gasteiger partial charge in [0.05, 0.1) is 17.3 Å². The highest BCUT2D eigenvalue weighted by Gasteiger charge is 2.26. The average molecular weight is 337 g/mol. The first-order chi connectivity index (χ1) is 11.7. The van der Waals surface area contributed by atoms with Crippen molar-refractivity contribution in [1.29, 1.82) is 5.26 Å². The summed E-state index contributed by atoms with van der Waals surface area (Å²) in [5, 5.41) is 19.6. The summed E-state index contributed by atoms with van der Waals surface area (Å²) in [5.74, 6) is -0.0722. The molecule has 0 fully saturated rings. The van der Waals surface area contributed by atoms with Crippen LogP contribution in [-0.2, 0) is 18.3 Å². The van der Waals surface area contributed by atoms with E-state index in [0.29, 0.717) is 18.1 Å². The zero-order valence-corrected chi connectivity index (χ0v) is 13.9. The topological polar surface area (TPSA) is 84.5 Å². The summed E-state index contributed by atoms with van der Waals surface area (Å²) in [6.07, 6.45) is 0.791. The summed E-state index contributed by atoms with van der Waals surface area (Å²) in [6, 6.07) is 11.6. The third-order valence-corrected chi connectivity index (χ3v) is 4.40. The number of benzene rings is 1. The first-order valence-corrected chi connectivity index (χ1v) is 8.39. The van der Waals surface area contributed by atoms with Gasteiger partial charge in [-0.2, -0.15) is 5.26 Å². The van der Waals surface area contributed by atoms with Crippen LogP contribution in [0.25, 0.3) is 11.4 Å². The summed E-state index contributed by atoms with van der Waals surface area (Å²) in [7, 11) is 1.77. The van der Waals surface area contributed by atoms with Crippen LogP contribution in [0.1, 0.15) is 23.9 Å². The quantitative estimate of drug-likeness (QED) is 0.690. The lowest BCUT2D eigenvalue weighted by Gasteiger charge is -2.08. The molecule has 0 aliphatic rings. The van der Waals surface area contributed by atoms with Gasteiger partial charge in [-0.15, -0.1) is 21.5 Å². The molecule has 120 valence electrons. The molecule has 1 aromatic carbocycles. The Morgan fingerprint density at radius 3 is 2.79 bits per heavy atom. The van der Waals surface area contributed by atoms with Crippen molar-refractivity contribution < 1.29 is 4.79 Å². The molecule has 0 aliphatic heterocycles. The SMILES string of the molecule is Cn1c(-c2ccccc2)nnc1[C@H](C#N)C(=O)CCc1cscn1. The van der Waals surface area contributed by atoms with E-state index in [0.717, 1.165) is 11.3 Å². The first kappa shape index (κ1) is 16.0. The lowest BCUT2D eigenvalue weighted by Crippen LogP contribution is -2.16. The van der Waals surface area contributed by atoms with E-state index in [-0.39, 0.29) is 12.2 Å². The molecule has 7 heteroatoms. The molecule has 3 aromatic rings. The molecule has 3 rings (SSSR count). The van der Waals surface area contributed by atoms with Crippen LogP contribution in [0, 0.1) is 11.3 Å². The Labute approximate surface area is 143 Å². The molecule has 0 aliphatic carbocycles. The van der Waals surface area contributed by atoms with E-state index in [1.54, 1.807) is 17.1 Å². The summed E-state index contributed by atoms with van der Waals surface area (Å²) in [4.78, 5) is 16.6. The van der Waals surface area contributed by atoms with Gasteiger partial charge in [-0.1, -0.05) is 30.3 Å². The second kappa shape index (κ2) is 7.15. The third-order valence-electron chi connectivity index (χ3n) is 3.76. The van der Waals surface area contributed by atoms with E-state index in [9.17, 15) is 10.1 Å². The van der Waals surface area contributed by atoms with Crippen LogP contribution >= 0.6 is 11.3 Å². The molecule has 2 heterocycles. The van der Waals surface area contributed by atoms with Gasteiger partial charge in [0.1, 0.15) is 0 Å². The number of hydrogen-bond acceptors (Lipinski definition) is 6. The zero-order chi connectivity index (χ0) is 16.9. The van der Waals surface area contributed by atoms with Crippen molar-refractivity contribution in [3.8, 4) is 17.5 Å². The highest BCUT2D eigenvalue weighted by Crippen LogP contribution is 2.22. The zero-order valence-electron chi connectivity index (χ0n) is 13.1. The van der Waals surface area contributed by atoms with Crippen molar-refractivity contribution in [3.63, 3.8) is 0 Å². The Morgan fingerprint density at radius 1 is 1.33 bits per heavy atom. The number of aromatic nitrogens is 4. The molecule has 0 bridgehead atoms. The average Bonchev–Trinajstić information content (AvgIpc) is 3.25.